The third-order valence-electron chi connectivity index (χ3n) is 5.88. The maximum Gasteiger partial charge on any atom is 0.309 e. The number of carboxylic acid groups (broad SMARTS) is 1. The molecule has 4 nitrogen and oxygen atoms in total. The van der Waals surface area contributed by atoms with Crippen LogP contribution in [0.25, 0.3) is 0 Å². The van der Waals surface area contributed by atoms with E-state index in [1.165, 1.54) is 27.9 Å². The Morgan fingerprint density at radius 1 is 1.18 bits per heavy atom. The lowest BCUT2D eigenvalue weighted by molar-refractivity contribution is -0.147. The molecule has 0 aliphatic carbocycles. The average Bonchev–Trinajstić information content (AvgIpc) is 2.61. The molecule has 2 aromatic carbocycles. The predicted molar refractivity (Wildman–Crippen MR) is 115 cm³/mol. The summed E-state index contributed by atoms with van der Waals surface area (Å²) < 4.78 is 0. The second-order valence-corrected chi connectivity index (χ2v) is 8.23. The molecule has 2 aromatic rings. The summed E-state index contributed by atoms with van der Waals surface area (Å²) in [7, 11) is 0. The Hall–Kier alpha value is -2.04. The van der Waals surface area contributed by atoms with Crippen LogP contribution in [0, 0.1) is 26.7 Å². The summed E-state index contributed by atoms with van der Waals surface area (Å²) in [6.07, 6.45) is 0. The number of aryl methyl sites for hydroxylation is 2. The van der Waals surface area contributed by atoms with E-state index in [4.69, 9.17) is 16.7 Å². The number of hydrogen-bond donors (Lipinski definition) is 1. The third-order valence-corrected chi connectivity index (χ3v) is 6.31. The number of halogens is 1. The summed E-state index contributed by atoms with van der Waals surface area (Å²) in [6.45, 7) is 12.4. The highest BCUT2D eigenvalue weighted by molar-refractivity contribution is 6.31. The lowest BCUT2D eigenvalue weighted by atomic mass is 9.93. The van der Waals surface area contributed by atoms with E-state index in [0.29, 0.717) is 13.1 Å². The van der Waals surface area contributed by atoms with Crippen LogP contribution in [0.5, 0.6) is 0 Å². The lowest BCUT2D eigenvalue weighted by Gasteiger charge is -2.37. The van der Waals surface area contributed by atoms with Gasteiger partial charge in [-0.15, -0.1) is 0 Å². The number of likely N-dealkylation sites (tertiary alicyclic amines) is 1. The van der Waals surface area contributed by atoms with Crippen molar-refractivity contribution in [1.82, 2.24) is 4.90 Å². The second kappa shape index (κ2) is 8.54. The van der Waals surface area contributed by atoms with E-state index in [2.05, 4.69) is 54.8 Å². The summed E-state index contributed by atoms with van der Waals surface area (Å²) in [6, 6.07) is 10.6. The molecule has 0 unspecified atom stereocenters. The average molecular weight is 401 g/mol. The fourth-order valence-corrected chi connectivity index (χ4v) is 3.97. The first-order chi connectivity index (χ1) is 13.3. The van der Waals surface area contributed by atoms with E-state index in [0.717, 1.165) is 30.2 Å². The first-order valence-corrected chi connectivity index (χ1v) is 10.2. The number of rotatable bonds is 7. The SMILES string of the molecule is CCN(Cc1ccc(C)c(CN2CC(C(=O)O)C2)c1C)c1ccc(Cl)c(C)c1. The van der Waals surface area contributed by atoms with Crippen molar-refractivity contribution >= 4 is 23.3 Å². The van der Waals surface area contributed by atoms with Crippen LogP contribution < -0.4 is 4.90 Å². The highest BCUT2D eigenvalue weighted by Gasteiger charge is 2.32. The molecule has 28 heavy (non-hydrogen) atoms. The third kappa shape index (κ3) is 4.34. The molecule has 1 N–H and O–H groups in total. The quantitative estimate of drug-likeness (QED) is 0.724. The highest BCUT2D eigenvalue weighted by Crippen LogP contribution is 2.28. The van der Waals surface area contributed by atoms with Crippen molar-refractivity contribution in [3.05, 3.63) is 63.2 Å². The van der Waals surface area contributed by atoms with E-state index < -0.39 is 5.97 Å². The predicted octanol–water partition coefficient (Wildman–Crippen LogP) is 4.81. The van der Waals surface area contributed by atoms with Gasteiger partial charge >= 0.3 is 5.97 Å². The molecule has 0 bridgehead atoms. The summed E-state index contributed by atoms with van der Waals surface area (Å²) in [5.74, 6) is -0.900. The van der Waals surface area contributed by atoms with Gasteiger partial charge in [-0.2, -0.15) is 0 Å². The van der Waals surface area contributed by atoms with Gasteiger partial charge in [-0.1, -0.05) is 23.7 Å². The zero-order chi connectivity index (χ0) is 20.4. The molecule has 1 saturated heterocycles. The van der Waals surface area contributed by atoms with Gasteiger partial charge in [-0.3, -0.25) is 9.69 Å². The first kappa shape index (κ1) is 20.7. The maximum atomic E-state index is 11.1. The number of carboxylic acids is 1. The molecule has 0 aromatic heterocycles. The van der Waals surface area contributed by atoms with Crippen LogP contribution >= 0.6 is 11.6 Å². The van der Waals surface area contributed by atoms with E-state index in [1.54, 1.807) is 0 Å². The molecule has 1 fully saturated rings. The molecule has 1 aliphatic rings. The van der Waals surface area contributed by atoms with Crippen LogP contribution in [0.4, 0.5) is 5.69 Å². The monoisotopic (exact) mass is 400 g/mol. The van der Waals surface area contributed by atoms with Gasteiger partial charge in [-0.05, 0) is 73.7 Å². The molecular formula is C23H29ClN2O2. The van der Waals surface area contributed by atoms with E-state index in [9.17, 15) is 4.79 Å². The van der Waals surface area contributed by atoms with Gasteiger partial charge in [0.2, 0.25) is 0 Å². The second-order valence-electron chi connectivity index (χ2n) is 7.82. The maximum absolute atomic E-state index is 11.1. The van der Waals surface area contributed by atoms with Crippen LogP contribution in [0.1, 0.15) is 34.7 Å². The minimum absolute atomic E-state index is 0.215. The Bertz CT molecular complexity index is 875. The molecule has 1 aliphatic heterocycles. The van der Waals surface area contributed by atoms with Crippen LogP contribution in [0.3, 0.4) is 0 Å². The number of carbonyl (C=O) groups is 1. The Morgan fingerprint density at radius 2 is 1.89 bits per heavy atom. The van der Waals surface area contributed by atoms with Gasteiger partial charge in [0.1, 0.15) is 0 Å². The van der Waals surface area contributed by atoms with Crippen LogP contribution in [0.15, 0.2) is 30.3 Å². The minimum Gasteiger partial charge on any atom is -0.481 e. The number of nitrogens with zero attached hydrogens (tertiary/aromatic N) is 2. The molecule has 3 rings (SSSR count). The zero-order valence-electron chi connectivity index (χ0n) is 17.1. The molecule has 0 amide bonds. The Labute approximate surface area is 172 Å². The lowest BCUT2D eigenvalue weighted by Crippen LogP contribution is -2.49. The van der Waals surface area contributed by atoms with Crippen molar-refractivity contribution in [3.63, 3.8) is 0 Å². The first-order valence-electron chi connectivity index (χ1n) is 9.84. The van der Waals surface area contributed by atoms with Crippen molar-refractivity contribution in [3.8, 4) is 0 Å². The summed E-state index contributed by atoms with van der Waals surface area (Å²) >= 11 is 6.19. The summed E-state index contributed by atoms with van der Waals surface area (Å²) in [4.78, 5) is 15.6. The topological polar surface area (TPSA) is 43.8 Å². The van der Waals surface area contributed by atoms with Gasteiger partial charge in [-0.25, -0.2) is 0 Å². The Morgan fingerprint density at radius 3 is 2.50 bits per heavy atom. The van der Waals surface area contributed by atoms with Gasteiger partial charge in [0.15, 0.2) is 0 Å². The summed E-state index contributed by atoms with van der Waals surface area (Å²) in [5.41, 5.74) is 7.48. The standard InChI is InChI=1S/C23H29ClN2O2/c1-5-26(20-8-9-22(24)16(3)10-20)13-18-7-6-15(2)21(17(18)4)14-25-11-19(12-25)23(27)28/h6-10,19H,5,11-14H2,1-4H3,(H,27,28). The largest absolute Gasteiger partial charge is 0.481 e. The van der Waals surface area contributed by atoms with Crippen molar-refractivity contribution in [2.45, 2.75) is 40.8 Å². The summed E-state index contributed by atoms with van der Waals surface area (Å²) in [5, 5.41) is 9.90. The number of anilines is 1. The fraction of sp³-hybridized carbons (Fsp3) is 0.435. The fourth-order valence-electron chi connectivity index (χ4n) is 3.85. The van der Waals surface area contributed by atoms with Gasteiger partial charge < -0.3 is 10.0 Å². The normalized spacial score (nSPS) is 14.8. The minimum atomic E-state index is -0.685. The molecule has 1 heterocycles. The smallest absolute Gasteiger partial charge is 0.309 e. The van der Waals surface area contributed by atoms with Crippen molar-refractivity contribution < 1.29 is 9.90 Å². The molecule has 5 heteroatoms. The van der Waals surface area contributed by atoms with Crippen molar-refractivity contribution in [2.24, 2.45) is 5.92 Å². The van der Waals surface area contributed by atoms with Crippen LogP contribution in [0.2, 0.25) is 5.02 Å². The van der Waals surface area contributed by atoms with Crippen molar-refractivity contribution in [1.29, 1.82) is 0 Å². The number of hydrogen-bond acceptors (Lipinski definition) is 3. The van der Waals surface area contributed by atoms with Crippen LogP contribution in [-0.4, -0.2) is 35.6 Å². The molecule has 0 radical (unpaired) electrons. The van der Waals surface area contributed by atoms with Gasteiger partial charge in [0, 0.05) is 43.4 Å². The molecule has 0 spiro atoms. The molecule has 150 valence electrons. The van der Waals surface area contributed by atoms with E-state index in [1.807, 2.05) is 13.0 Å². The van der Waals surface area contributed by atoms with Crippen molar-refractivity contribution in [2.75, 3.05) is 24.5 Å². The van der Waals surface area contributed by atoms with E-state index >= 15 is 0 Å². The number of aliphatic carboxylic acids is 1. The Kier molecular flexibility index (Phi) is 6.31. The Balaban J connectivity index is 1.78. The molecule has 0 saturated carbocycles. The van der Waals surface area contributed by atoms with Crippen LogP contribution in [-0.2, 0) is 17.9 Å². The van der Waals surface area contributed by atoms with Gasteiger partial charge in [0.25, 0.3) is 0 Å². The van der Waals surface area contributed by atoms with E-state index in [-0.39, 0.29) is 5.92 Å². The highest BCUT2D eigenvalue weighted by atomic mass is 35.5. The van der Waals surface area contributed by atoms with Gasteiger partial charge in [0.05, 0.1) is 5.92 Å². The zero-order valence-corrected chi connectivity index (χ0v) is 17.9. The molecular weight excluding hydrogens is 372 g/mol. The number of benzene rings is 2. The molecule has 0 atom stereocenters.